The average Bonchev–Trinajstić information content (AvgIpc) is 2.41. The number of anilines is 2. The molecule has 0 bridgehead atoms. The molecule has 1 aromatic heterocycles. The van der Waals surface area contributed by atoms with Crippen LogP contribution < -0.4 is 11.1 Å². The van der Waals surface area contributed by atoms with Crippen LogP contribution in [0.15, 0.2) is 6.33 Å². The first-order valence-corrected chi connectivity index (χ1v) is 7.22. The number of nitrogens with two attached hydrogens (primary N) is 1. The molecular weight excluding hydrogens is 238 g/mol. The van der Waals surface area contributed by atoms with E-state index in [2.05, 4.69) is 34.2 Å². The van der Waals surface area contributed by atoms with Gasteiger partial charge in [0.1, 0.15) is 18.0 Å². The van der Waals surface area contributed by atoms with E-state index in [0.29, 0.717) is 5.82 Å². The van der Waals surface area contributed by atoms with Crippen molar-refractivity contribution in [2.45, 2.75) is 32.6 Å². The minimum absolute atomic E-state index is 0.614. The highest BCUT2D eigenvalue weighted by atomic mass is 15.1. The van der Waals surface area contributed by atoms with E-state index in [4.69, 9.17) is 5.73 Å². The van der Waals surface area contributed by atoms with Crippen molar-refractivity contribution in [1.29, 1.82) is 0 Å². The molecule has 1 aromatic rings. The number of nitrogens with zero attached hydrogens (tertiary/aromatic N) is 3. The van der Waals surface area contributed by atoms with E-state index in [-0.39, 0.29) is 0 Å². The standard InChI is InChI=1S/C14H25N5/c1-3-4-12-13(15)17-10-18-14(12)16-9-11-5-7-19(2)8-6-11/h10-11H,3-9H2,1-2H3,(H3,15,16,17,18). The number of aromatic nitrogens is 2. The maximum absolute atomic E-state index is 5.94. The Labute approximate surface area is 115 Å². The molecule has 19 heavy (non-hydrogen) atoms. The zero-order chi connectivity index (χ0) is 13.7. The second-order valence-electron chi connectivity index (χ2n) is 5.46. The minimum Gasteiger partial charge on any atom is -0.383 e. The Hall–Kier alpha value is -1.36. The van der Waals surface area contributed by atoms with Crippen LogP contribution in [-0.2, 0) is 6.42 Å². The lowest BCUT2D eigenvalue weighted by molar-refractivity contribution is 0.226. The first kappa shape index (κ1) is 14.1. The largest absolute Gasteiger partial charge is 0.383 e. The van der Waals surface area contributed by atoms with Crippen molar-refractivity contribution < 1.29 is 0 Å². The minimum atomic E-state index is 0.614. The number of nitrogen functional groups attached to an aromatic ring is 1. The molecule has 0 spiro atoms. The SMILES string of the molecule is CCCc1c(N)ncnc1NCC1CCN(C)CC1. The monoisotopic (exact) mass is 263 g/mol. The van der Waals surface area contributed by atoms with Crippen molar-refractivity contribution in [3.8, 4) is 0 Å². The quantitative estimate of drug-likeness (QED) is 0.847. The summed E-state index contributed by atoms with van der Waals surface area (Å²) >= 11 is 0. The summed E-state index contributed by atoms with van der Waals surface area (Å²) in [5.74, 6) is 2.28. The normalized spacial score (nSPS) is 17.6. The molecule has 0 saturated carbocycles. The number of nitrogens with one attached hydrogen (secondary N) is 1. The molecule has 5 nitrogen and oxygen atoms in total. The van der Waals surface area contributed by atoms with Gasteiger partial charge in [-0.1, -0.05) is 13.3 Å². The third-order valence-electron chi connectivity index (χ3n) is 3.88. The topological polar surface area (TPSA) is 67.1 Å². The van der Waals surface area contributed by atoms with Crippen molar-refractivity contribution in [2.75, 3.05) is 37.7 Å². The van der Waals surface area contributed by atoms with E-state index in [0.717, 1.165) is 36.7 Å². The van der Waals surface area contributed by atoms with Crippen molar-refractivity contribution in [3.63, 3.8) is 0 Å². The van der Waals surface area contributed by atoms with Gasteiger partial charge in [0.05, 0.1) is 0 Å². The molecule has 1 aliphatic heterocycles. The molecule has 106 valence electrons. The molecule has 1 saturated heterocycles. The summed E-state index contributed by atoms with van der Waals surface area (Å²) in [7, 11) is 2.19. The molecule has 5 heteroatoms. The molecular formula is C14H25N5. The van der Waals surface area contributed by atoms with E-state index in [1.54, 1.807) is 6.33 Å². The van der Waals surface area contributed by atoms with Crippen molar-refractivity contribution >= 4 is 11.6 Å². The summed E-state index contributed by atoms with van der Waals surface area (Å²) in [6.07, 6.45) is 6.05. The molecule has 0 radical (unpaired) electrons. The zero-order valence-corrected chi connectivity index (χ0v) is 12.0. The van der Waals surface area contributed by atoms with E-state index in [1.165, 1.54) is 25.9 Å². The van der Waals surface area contributed by atoms with Crippen LogP contribution in [0.25, 0.3) is 0 Å². The van der Waals surface area contributed by atoms with Gasteiger partial charge in [-0.3, -0.25) is 0 Å². The number of piperidine rings is 1. The zero-order valence-electron chi connectivity index (χ0n) is 12.0. The number of likely N-dealkylation sites (tertiary alicyclic amines) is 1. The Kier molecular flexibility index (Phi) is 4.96. The first-order chi connectivity index (χ1) is 9.20. The predicted molar refractivity (Wildman–Crippen MR) is 79.2 cm³/mol. The Morgan fingerprint density at radius 1 is 1.37 bits per heavy atom. The van der Waals surface area contributed by atoms with Gasteiger partial charge in [-0.05, 0) is 45.3 Å². The summed E-state index contributed by atoms with van der Waals surface area (Å²) in [5.41, 5.74) is 7.00. The molecule has 3 N–H and O–H groups in total. The van der Waals surface area contributed by atoms with E-state index in [9.17, 15) is 0 Å². The molecule has 0 aromatic carbocycles. The summed E-state index contributed by atoms with van der Waals surface area (Å²) in [6, 6.07) is 0. The number of rotatable bonds is 5. The van der Waals surface area contributed by atoms with Crippen LogP contribution in [-0.4, -0.2) is 41.5 Å². The lowest BCUT2D eigenvalue weighted by Gasteiger charge is -2.29. The maximum Gasteiger partial charge on any atom is 0.134 e. The van der Waals surface area contributed by atoms with Gasteiger partial charge in [0.2, 0.25) is 0 Å². The van der Waals surface area contributed by atoms with Crippen molar-refractivity contribution in [2.24, 2.45) is 5.92 Å². The fourth-order valence-electron chi connectivity index (χ4n) is 2.58. The summed E-state index contributed by atoms with van der Waals surface area (Å²) < 4.78 is 0. The van der Waals surface area contributed by atoms with Gasteiger partial charge < -0.3 is 16.0 Å². The second-order valence-corrected chi connectivity index (χ2v) is 5.46. The van der Waals surface area contributed by atoms with Crippen molar-refractivity contribution in [3.05, 3.63) is 11.9 Å². The molecule has 0 atom stereocenters. The third-order valence-corrected chi connectivity index (χ3v) is 3.88. The second kappa shape index (κ2) is 6.70. The molecule has 1 fully saturated rings. The molecule has 0 amide bonds. The van der Waals surface area contributed by atoms with Crippen LogP contribution in [0.2, 0.25) is 0 Å². The Bertz CT molecular complexity index is 399. The summed E-state index contributed by atoms with van der Waals surface area (Å²) in [4.78, 5) is 10.8. The van der Waals surface area contributed by atoms with Gasteiger partial charge in [-0.2, -0.15) is 0 Å². The average molecular weight is 263 g/mol. The van der Waals surface area contributed by atoms with Crippen molar-refractivity contribution in [1.82, 2.24) is 14.9 Å². The maximum atomic E-state index is 5.94. The smallest absolute Gasteiger partial charge is 0.134 e. The number of hydrogen-bond acceptors (Lipinski definition) is 5. The van der Waals surface area contributed by atoms with Crippen LogP contribution >= 0.6 is 0 Å². The lowest BCUT2D eigenvalue weighted by Crippen LogP contribution is -2.33. The van der Waals surface area contributed by atoms with Gasteiger partial charge in [0.15, 0.2) is 0 Å². The Morgan fingerprint density at radius 2 is 2.11 bits per heavy atom. The molecule has 1 aliphatic rings. The predicted octanol–water partition coefficient (Wildman–Crippen LogP) is 1.76. The summed E-state index contributed by atoms with van der Waals surface area (Å²) in [6.45, 7) is 5.52. The van der Waals surface area contributed by atoms with Crippen LogP contribution in [0.5, 0.6) is 0 Å². The fourth-order valence-corrected chi connectivity index (χ4v) is 2.58. The Morgan fingerprint density at radius 3 is 2.79 bits per heavy atom. The van der Waals surface area contributed by atoms with Crippen LogP contribution in [0.1, 0.15) is 31.7 Å². The highest BCUT2D eigenvalue weighted by molar-refractivity contribution is 5.54. The first-order valence-electron chi connectivity index (χ1n) is 7.22. The lowest BCUT2D eigenvalue weighted by atomic mass is 9.97. The van der Waals surface area contributed by atoms with Gasteiger partial charge in [-0.15, -0.1) is 0 Å². The van der Waals surface area contributed by atoms with Gasteiger partial charge >= 0.3 is 0 Å². The van der Waals surface area contributed by atoms with Gasteiger partial charge in [0, 0.05) is 12.1 Å². The highest BCUT2D eigenvalue weighted by Crippen LogP contribution is 2.21. The van der Waals surface area contributed by atoms with E-state index >= 15 is 0 Å². The fraction of sp³-hybridized carbons (Fsp3) is 0.714. The van der Waals surface area contributed by atoms with Crippen LogP contribution in [0.4, 0.5) is 11.6 Å². The van der Waals surface area contributed by atoms with Crippen LogP contribution in [0.3, 0.4) is 0 Å². The summed E-state index contributed by atoms with van der Waals surface area (Å²) in [5, 5.41) is 3.47. The van der Waals surface area contributed by atoms with E-state index in [1.807, 2.05) is 0 Å². The molecule has 2 rings (SSSR count). The van der Waals surface area contributed by atoms with Gasteiger partial charge in [-0.25, -0.2) is 9.97 Å². The highest BCUT2D eigenvalue weighted by Gasteiger charge is 2.17. The Balaban J connectivity index is 1.93. The molecule has 0 aliphatic carbocycles. The van der Waals surface area contributed by atoms with E-state index < -0.39 is 0 Å². The molecule has 0 unspecified atom stereocenters. The van der Waals surface area contributed by atoms with Crippen LogP contribution in [0, 0.1) is 5.92 Å². The molecule has 2 heterocycles. The van der Waals surface area contributed by atoms with Gasteiger partial charge in [0.25, 0.3) is 0 Å². The number of hydrogen-bond donors (Lipinski definition) is 2. The third kappa shape index (κ3) is 3.80.